The number of rotatable bonds is 5. The van der Waals surface area contributed by atoms with Crippen LogP contribution in [0.2, 0.25) is 0 Å². The first kappa shape index (κ1) is 13.1. The Hall–Kier alpha value is -2.37. The lowest BCUT2D eigenvalue weighted by Gasteiger charge is -2.05. The summed E-state index contributed by atoms with van der Waals surface area (Å²) in [4.78, 5) is 14.6. The average Bonchev–Trinajstić information content (AvgIpc) is 2.84. The molecule has 0 fully saturated rings. The quantitative estimate of drug-likeness (QED) is 0.887. The minimum atomic E-state index is -0.896. The first-order chi connectivity index (χ1) is 9.10. The molecule has 0 radical (unpaired) electrons. The van der Waals surface area contributed by atoms with Crippen molar-refractivity contribution in [2.75, 3.05) is 7.11 Å². The number of aryl methyl sites for hydroxylation is 2. The van der Waals surface area contributed by atoms with Gasteiger partial charge in [0.1, 0.15) is 5.75 Å². The summed E-state index contributed by atoms with van der Waals surface area (Å²) in [5, 5.41) is 12.4. The number of carboxylic acids is 1. The molecular weight excluding hydrogens is 248 g/mol. The van der Waals surface area contributed by atoms with Gasteiger partial charge in [0, 0.05) is 6.42 Å². The van der Waals surface area contributed by atoms with Crippen molar-refractivity contribution in [1.82, 2.24) is 10.1 Å². The summed E-state index contributed by atoms with van der Waals surface area (Å²) in [5.74, 6) is 0.468. The van der Waals surface area contributed by atoms with Gasteiger partial charge in [-0.3, -0.25) is 4.79 Å². The summed E-state index contributed by atoms with van der Waals surface area (Å²) in [7, 11) is 1.57. The lowest BCUT2D eigenvalue weighted by atomic mass is 10.1. The number of ether oxygens (including phenoxy) is 1. The molecule has 6 nitrogen and oxygen atoms in total. The van der Waals surface area contributed by atoms with Gasteiger partial charge in [0.2, 0.25) is 11.7 Å². The van der Waals surface area contributed by atoms with Gasteiger partial charge >= 0.3 is 5.97 Å². The Morgan fingerprint density at radius 2 is 2.26 bits per heavy atom. The third-order valence-electron chi connectivity index (χ3n) is 2.62. The second kappa shape index (κ2) is 5.51. The normalized spacial score (nSPS) is 10.4. The van der Waals surface area contributed by atoms with E-state index in [1.165, 1.54) is 0 Å². The number of nitrogens with zero attached hydrogens (tertiary/aromatic N) is 2. The van der Waals surface area contributed by atoms with Crippen molar-refractivity contribution in [3.05, 3.63) is 29.7 Å². The van der Waals surface area contributed by atoms with E-state index in [2.05, 4.69) is 10.1 Å². The highest BCUT2D eigenvalue weighted by atomic mass is 16.5. The van der Waals surface area contributed by atoms with E-state index in [1.807, 2.05) is 25.1 Å². The molecule has 2 rings (SSSR count). The van der Waals surface area contributed by atoms with Crippen LogP contribution >= 0.6 is 0 Å². The third-order valence-corrected chi connectivity index (χ3v) is 2.62. The zero-order valence-electron chi connectivity index (χ0n) is 10.7. The van der Waals surface area contributed by atoms with E-state index >= 15 is 0 Å². The van der Waals surface area contributed by atoms with Gasteiger partial charge in [0.25, 0.3) is 0 Å². The van der Waals surface area contributed by atoms with Crippen LogP contribution in [0.15, 0.2) is 22.7 Å². The minimum absolute atomic E-state index is 0.0351. The summed E-state index contributed by atoms with van der Waals surface area (Å²) in [6.45, 7) is 1.96. The molecule has 19 heavy (non-hydrogen) atoms. The van der Waals surface area contributed by atoms with E-state index in [0.29, 0.717) is 17.5 Å². The van der Waals surface area contributed by atoms with Gasteiger partial charge in [0.05, 0.1) is 19.1 Å². The van der Waals surface area contributed by atoms with E-state index in [1.54, 1.807) is 7.11 Å². The predicted molar refractivity (Wildman–Crippen MR) is 67.0 cm³/mol. The van der Waals surface area contributed by atoms with Crippen molar-refractivity contribution >= 4 is 5.97 Å². The molecule has 0 saturated heterocycles. The summed E-state index contributed by atoms with van der Waals surface area (Å²) in [6.07, 6.45) is 0.184. The first-order valence-corrected chi connectivity index (χ1v) is 5.79. The third kappa shape index (κ3) is 3.09. The van der Waals surface area contributed by atoms with Gasteiger partial charge < -0.3 is 14.4 Å². The second-order valence-electron chi connectivity index (χ2n) is 4.11. The van der Waals surface area contributed by atoms with Gasteiger partial charge in [-0.05, 0) is 24.6 Å². The maximum Gasteiger partial charge on any atom is 0.303 e. The van der Waals surface area contributed by atoms with Crippen LogP contribution in [-0.4, -0.2) is 28.3 Å². The van der Waals surface area contributed by atoms with E-state index in [9.17, 15) is 4.79 Å². The van der Waals surface area contributed by atoms with Gasteiger partial charge in [-0.2, -0.15) is 4.98 Å². The van der Waals surface area contributed by atoms with Gasteiger partial charge in [-0.15, -0.1) is 0 Å². The molecule has 0 bridgehead atoms. The molecule has 0 spiro atoms. The molecule has 0 amide bonds. The summed E-state index contributed by atoms with van der Waals surface area (Å²) in [6, 6.07) is 5.65. The molecule has 0 saturated carbocycles. The molecule has 1 aromatic heterocycles. The van der Waals surface area contributed by atoms with Crippen LogP contribution in [0.5, 0.6) is 5.75 Å². The standard InChI is InChI=1S/C13H14N2O4/c1-8-3-4-9(10(7-8)18-2)13-14-11(19-15-13)5-6-12(16)17/h3-4,7H,5-6H2,1-2H3,(H,16,17). The lowest BCUT2D eigenvalue weighted by molar-refractivity contribution is -0.137. The molecule has 0 unspecified atom stereocenters. The van der Waals surface area contributed by atoms with Crippen LogP contribution in [0.1, 0.15) is 17.9 Å². The summed E-state index contributed by atoms with van der Waals surface area (Å²) >= 11 is 0. The van der Waals surface area contributed by atoms with Crippen molar-refractivity contribution in [1.29, 1.82) is 0 Å². The van der Waals surface area contributed by atoms with Crippen LogP contribution in [0.3, 0.4) is 0 Å². The van der Waals surface area contributed by atoms with Crippen LogP contribution in [0.4, 0.5) is 0 Å². The Balaban J connectivity index is 2.25. The highest BCUT2D eigenvalue weighted by Crippen LogP contribution is 2.28. The minimum Gasteiger partial charge on any atom is -0.496 e. The number of aliphatic carboxylic acids is 1. The monoisotopic (exact) mass is 262 g/mol. The molecule has 1 heterocycles. The average molecular weight is 262 g/mol. The fourth-order valence-corrected chi connectivity index (χ4v) is 1.66. The number of aromatic nitrogens is 2. The topological polar surface area (TPSA) is 85.5 Å². The first-order valence-electron chi connectivity index (χ1n) is 5.79. The molecule has 0 aliphatic heterocycles. The molecule has 1 aromatic carbocycles. The Morgan fingerprint density at radius 1 is 1.47 bits per heavy atom. The number of benzene rings is 1. The Bertz CT molecular complexity index is 592. The molecule has 0 aliphatic carbocycles. The number of hydrogen-bond donors (Lipinski definition) is 1. The van der Waals surface area contributed by atoms with Crippen LogP contribution in [-0.2, 0) is 11.2 Å². The van der Waals surface area contributed by atoms with E-state index in [-0.39, 0.29) is 12.8 Å². The number of hydrogen-bond acceptors (Lipinski definition) is 5. The van der Waals surface area contributed by atoms with Gasteiger partial charge in [-0.1, -0.05) is 11.2 Å². The highest BCUT2D eigenvalue weighted by Gasteiger charge is 2.14. The summed E-state index contributed by atoms with van der Waals surface area (Å²) in [5.41, 5.74) is 1.79. The van der Waals surface area contributed by atoms with Crippen molar-refractivity contribution in [2.45, 2.75) is 19.8 Å². The second-order valence-corrected chi connectivity index (χ2v) is 4.11. The van der Waals surface area contributed by atoms with Crippen LogP contribution < -0.4 is 4.74 Å². The number of methoxy groups -OCH3 is 1. The molecule has 1 N–H and O–H groups in total. The van der Waals surface area contributed by atoms with Crippen molar-refractivity contribution in [2.24, 2.45) is 0 Å². The fourth-order valence-electron chi connectivity index (χ4n) is 1.66. The maximum atomic E-state index is 10.5. The van der Waals surface area contributed by atoms with E-state index in [4.69, 9.17) is 14.4 Å². The zero-order valence-corrected chi connectivity index (χ0v) is 10.7. The van der Waals surface area contributed by atoms with E-state index in [0.717, 1.165) is 11.1 Å². The molecule has 6 heteroatoms. The molecule has 0 atom stereocenters. The van der Waals surface area contributed by atoms with Crippen LogP contribution in [0, 0.1) is 6.92 Å². The molecule has 2 aromatic rings. The Kier molecular flexibility index (Phi) is 3.79. The zero-order chi connectivity index (χ0) is 13.8. The molecule has 100 valence electrons. The molecule has 0 aliphatic rings. The smallest absolute Gasteiger partial charge is 0.303 e. The van der Waals surface area contributed by atoms with Crippen molar-refractivity contribution < 1.29 is 19.2 Å². The van der Waals surface area contributed by atoms with E-state index < -0.39 is 5.97 Å². The fraction of sp³-hybridized carbons (Fsp3) is 0.308. The largest absolute Gasteiger partial charge is 0.496 e. The summed E-state index contributed by atoms with van der Waals surface area (Å²) < 4.78 is 10.3. The van der Waals surface area contributed by atoms with Crippen molar-refractivity contribution in [3.63, 3.8) is 0 Å². The van der Waals surface area contributed by atoms with Gasteiger partial charge in [0.15, 0.2) is 0 Å². The van der Waals surface area contributed by atoms with Gasteiger partial charge in [-0.25, -0.2) is 0 Å². The maximum absolute atomic E-state index is 10.5. The highest BCUT2D eigenvalue weighted by molar-refractivity contribution is 5.67. The SMILES string of the molecule is COc1cc(C)ccc1-c1noc(CCC(=O)O)n1. The lowest BCUT2D eigenvalue weighted by Crippen LogP contribution is -1.97. The van der Waals surface area contributed by atoms with Crippen molar-refractivity contribution in [3.8, 4) is 17.1 Å². The number of carbonyl (C=O) groups is 1. The van der Waals surface area contributed by atoms with Crippen LogP contribution in [0.25, 0.3) is 11.4 Å². The Labute approximate surface area is 110 Å². The predicted octanol–water partition coefficient (Wildman–Crippen LogP) is 2.07. The Morgan fingerprint density at radius 3 is 2.95 bits per heavy atom. The number of carboxylic acid groups (broad SMARTS) is 1. The molecular formula is C13H14N2O4.